The number of carboxylic acids is 1. The van der Waals surface area contributed by atoms with Crippen LogP contribution in [0.25, 0.3) is 11.0 Å². The molecule has 0 saturated heterocycles. The number of ether oxygens (including phenoxy) is 1. The lowest BCUT2D eigenvalue weighted by Gasteiger charge is -1.95. The van der Waals surface area contributed by atoms with Crippen LogP contribution in [-0.4, -0.2) is 18.2 Å². The van der Waals surface area contributed by atoms with E-state index < -0.39 is 11.8 Å². The first-order chi connectivity index (χ1) is 7.13. The quantitative estimate of drug-likeness (QED) is 0.825. The molecular formula is C10H7FO4. The summed E-state index contributed by atoms with van der Waals surface area (Å²) in [6, 6.07) is 3.75. The van der Waals surface area contributed by atoms with E-state index >= 15 is 0 Å². The summed E-state index contributed by atoms with van der Waals surface area (Å²) in [5, 5.41) is 9.24. The second-order valence-corrected chi connectivity index (χ2v) is 2.91. The fraction of sp³-hybridized carbons (Fsp3) is 0.100. The highest BCUT2D eigenvalue weighted by Crippen LogP contribution is 2.33. The van der Waals surface area contributed by atoms with Crippen LogP contribution in [0.1, 0.15) is 10.6 Å². The Morgan fingerprint density at radius 1 is 1.53 bits per heavy atom. The molecule has 0 amide bonds. The average molecular weight is 210 g/mol. The Kier molecular flexibility index (Phi) is 2.07. The van der Waals surface area contributed by atoms with Crippen molar-refractivity contribution in [3.63, 3.8) is 0 Å². The van der Waals surface area contributed by atoms with Gasteiger partial charge in [-0.05, 0) is 12.1 Å². The highest BCUT2D eigenvalue weighted by Gasteiger charge is 2.20. The van der Waals surface area contributed by atoms with Gasteiger partial charge in [-0.3, -0.25) is 0 Å². The Morgan fingerprint density at radius 3 is 2.87 bits per heavy atom. The topological polar surface area (TPSA) is 59.7 Å². The van der Waals surface area contributed by atoms with E-state index in [-0.39, 0.29) is 17.1 Å². The lowest BCUT2D eigenvalue weighted by atomic mass is 10.2. The summed E-state index contributed by atoms with van der Waals surface area (Å²) in [6.45, 7) is 0. The van der Waals surface area contributed by atoms with Crippen molar-refractivity contribution in [1.29, 1.82) is 0 Å². The lowest BCUT2D eigenvalue weighted by Crippen LogP contribution is -1.96. The van der Waals surface area contributed by atoms with E-state index in [4.69, 9.17) is 14.3 Å². The Bertz CT molecular complexity index is 529. The largest absolute Gasteiger partial charge is 0.492 e. The summed E-state index contributed by atoms with van der Waals surface area (Å²) in [6.07, 6.45) is 0. The monoisotopic (exact) mass is 210 g/mol. The molecular weight excluding hydrogens is 203 g/mol. The smallest absolute Gasteiger partial charge is 0.375 e. The summed E-state index contributed by atoms with van der Waals surface area (Å²) in [4.78, 5) is 10.8. The van der Waals surface area contributed by atoms with Crippen molar-refractivity contribution in [2.75, 3.05) is 7.11 Å². The minimum atomic E-state index is -1.25. The Hall–Kier alpha value is -2.04. The number of fused-ring (bicyclic) bond motifs is 1. The molecule has 0 saturated carbocycles. The Balaban J connectivity index is 2.78. The van der Waals surface area contributed by atoms with Gasteiger partial charge in [0.15, 0.2) is 5.75 Å². The van der Waals surface area contributed by atoms with Crippen molar-refractivity contribution in [3.8, 4) is 5.75 Å². The summed E-state index contributed by atoms with van der Waals surface area (Å²) in [5.41, 5.74) is 0.157. The van der Waals surface area contributed by atoms with Crippen molar-refractivity contribution in [2.24, 2.45) is 0 Å². The molecule has 1 heterocycles. The molecule has 2 rings (SSSR count). The van der Waals surface area contributed by atoms with E-state index in [9.17, 15) is 9.18 Å². The SMILES string of the molecule is COc1c(C(=O)O)oc2cc(F)ccc12. The number of rotatable bonds is 2. The molecule has 1 aromatic carbocycles. The van der Waals surface area contributed by atoms with Gasteiger partial charge >= 0.3 is 5.97 Å². The van der Waals surface area contributed by atoms with Gasteiger partial charge in [-0.2, -0.15) is 0 Å². The fourth-order valence-electron chi connectivity index (χ4n) is 1.39. The van der Waals surface area contributed by atoms with Gasteiger partial charge in [-0.1, -0.05) is 0 Å². The van der Waals surface area contributed by atoms with Gasteiger partial charge in [0.2, 0.25) is 0 Å². The molecule has 1 N–H and O–H groups in total. The van der Waals surface area contributed by atoms with Crippen LogP contribution in [0.4, 0.5) is 4.39 Å². The van der Waals surface area contributed by atoms with Gasteiger partial charge < -0.3 is 14.3 Å². The second kappa shape index (κ2) is 3.27. The maximum atomic E-state index is 12.8. The molecule has 0 spiro atoms. The predicted molar refractivity (Wildman–Crippen MR) is 49.7 cm³/mol. The molecule has 0 fully saturated rings. The van der Waals surface area contributed by atoms with Crippen LogP contribution in [0.3, 0.4) is 0 Å². The predicted octanol–water partition coefficient (Wildman–Crippen LogP) is 2.28. The molecule has 0 unspecified atom stereocenters. The number of methoxy groups -OCH3 is 1. The van der Waals surface area contributed by atoms with Gasteiger partial charge in [0.25, 0.3) is 5.76 Å². The third kappa shape index (κ3) is 1.41. The first kappa shape index (κ1) is 9.51. The van der Waals surface area contributed by atoms with Crippen LogP contribution < -0.4 is 4.74 Å². The first-order valence-electron chi connectivity index (χ1n) is 4.13. The summed E-state index contributed by atoms with van der Waals surface area (Å²) >= 11 is 0. The zero-order chi connectivity index (χ0) is 11.0. The molecule has 0 aliphatic heterocycles. The summed E-state index contributed by atoms with van der Waals surface area (Å²) in [5.74, 6) is -1.95. The molecule has 78 valence electrons. The van der Waals surface area contributed by atoms with E-state index in [2.05, 4.69) is 0 Å². The number of hydrogen-bond donors (Lipinski definition) is 1. The Morgan fingerprint density at radius 2 is 2.27 bits per heavy atom. The summed E-state index contributed by atoms with van der Waals surface area (Å²) < 4.78 is 22.7. The molecule has 2 aromatic rings. The van der Waals surface area contributed by atoms with Gasteiger partial charge in [0.1, 0.15) is 11.4 Å². The molecule has 0 atom stereocenters. The normalized spacial score (nSPS) is 10.5. The molecule has 0 bridgehead atoms. The van der Waals surface area contributed by atoms with Crippen molar-refractivity contribution < 1.29 is 23.4 Å². The number of halogens is 1. The first-order valence-corrected chi connectivity index (χ1v) is 4.13. The molecule has 5 heteroatoms. The van der Waals surface area contributed by atoms with Crippen LogP contribution in [0.15, 0.2) is 22.6 Å². The third-order valence-electron chi connectivity index (χ3n) is 2.00. The number of benzene rings is 1. The van der Waals surface area contributed by atoms with Crippen LogP contribution >= 0.6 is 0 Å². The lowest BCUT2D eigenvalue weighted by molar-refractivity contribution is 0.0660. The number of hydrogen-bond acceptors (Lipinski definition) is 3. The maximum absolute atomic E-state index is 12.8. The number of carboxylic acid groups (broad SMARTS) is 1. The fourth-order valence-corrected chi connectivity index (χ4v) is 1.39. The van der Waals surface area contributed by atoms with E-state index in [1.54, 1.807) is 0 Å². The molecule has 0 aliphatic rings. The van der Waals surface area contributed by atoms with Gasteiger partial charge in [-0.15, -0.1) is 0 Å². The third-order valence-corrected chi connectivity index (χ3v) is 2.00. The summed E-state index contributed by atoms with van der Waals surface area (Å²) in [7, 11) is 1.33. The average Bonchev–Trinajstić information content (AvgIpc) is 2.55. The van der Waals surface area contributed by atoms with E-state index in [0.29, 0.717) is 5.39 Å². The van der Waals surface area contributed by atoms with E-state index in [1.807, 2.05) is 0 Å². The van der Waals surface area contributed by atoms with Crippen LogP contribution in [-0.2, 0) is 0 Å². The number of furan rings is 1. The zero-order valence-corrected chi connectivity index (χ0v) is 7.78. The highest BCUT2D eigenvalue weighted by atomic mass is 19.1. The Labute approximate surface area is 83.9 Å². The number of carbonyl (C=O) groups is 1. The van der Waals surface area contributed by atoms with Crippen LogP contribution in [0.5, 0.6) is 5.75 Å². The van der Waals surface area contributed by atoms with Crippen molar-refractivity contribution in [2.45, 2.75) is 0 Å². The maximum Gasteiger partial charge on any atom is 0.375 e. The second-order valence-electron chi connectivity index (χ2n) is 2.91. The van der Waals surface area contributed by atoms with Crippen molar-refractivity contribution in [1.82, 2.24) is 0 Å². The highest BCUT2D eigenvalue weighted by molar-refractivity contribution is 5.97. The van der Waals surface area contributed by atoms with Crippen LogP contribution in [0.2, 0.25) is 0 Å². The van der Waals surface area contributed by atoms with Crippen LogP contribution in [0, 0.1) is 5.82 Å². The molecule has 0 radical (unpaired) electrons. The van der Waals surface area contributed by atoms with Gasteiger partial charge in [-0.25, -0.2) is 9.18 Å². The molecule has 0 aliphatic carbocycles. The minimum Gasteiger partial charge on any atom is -0.492 e. The molecule has 1 aromatic heterocycles. The van der Waals surface area contributed by atoms with Gasteiger partial charge in [0.05, 0.1) is 12.5 Å². The van der Waals surface area contributed by atoms with E-state index in [1.165, 1.54) is 19.2 Å². The molecule has 15 heavy (non-hydrogen) atoms. The zero-order valence-electron chi connectivity index (χ0n) is 7.78. The van der Waals surface area contributed by atoms with Gasteiger partial charge in [0, 0.05) is 6.07 Å². The standard InChI is InChI=1S/C10H7FO4/c1-14-8-6-3-2-5(11)4-7(6)15-9(8)10(12)13/h2-4H,1H3,(H,12,13). The molecule has 4 nitrogen and oxygen atoms in total. The minimum absolute atomic E-state index is 0.109. The van der Waals surface area contributed by atoms with Crippen molar-refractivity contribution >= 4 is 16.9 Å². The number of aromatic carboxylic acids is 1. The van der Waals surface area contributed by atoms with E-state index in [0.717, 1.165) is 6.07 Å². The van der Waals surface area contributed by atoms with Crippen molar-refractivity contribution in [3.05, 3.63) is 29.8 Å².